The zero-order chi connectivity index (χ0) is 19.1. The van der Waals surface area contributed by atoms with Crippen molar-refractivity contribution in [3.63, 3.8) is 0 Å². The highest BCUT2D eigenvalue weighted by atomic mass is 32.3. The van der Waals surface area contributed by atoms with E-state index in [0.29, 0.717) is 0 Å². The van der Waals surface area contributed by atoms with Gasteiger partial charge in [0.1, 0.15) is 9.79 Å². The fourth-order valence-corrected chi connectivity index (χ4v) is 4.83. The first-order valence-electron chi connectivity index (χ1n) is 4.88. The lowest BCUT2D eigenvalue weighted by Crippen LogP contribution is -2.15. The maximum absolute atomic E-state index is 11.5. The summed E-state index contributed by atoms with van der Waals surface area (Å²) < 4.78 is 111. The molecule has 1 aromatic carbocycles. The number of aromatic hydroxyl groups is 2. The van der Waals surface area contributed by atoms with Crippen molar-refractivity contribution in [2.45, 2.75) is 9.79 Å². The maximum atomic E-state index is 11.5. The molecule has 18 heteroatoms. The zero-order valence-corrected chi connectivity index (χ0v) is 13.9. The Kier molecular flexibility index (Phi) is 5.19. The standard InChI is InChI=1S/C6H6O14S4/c7-4-1-3(21(9,10)19-23(13,14)15)2-5(6(4)8)22(11,12)20-24(16,17)18/h1-2,7-8H,(H,13,14,15)(H,16,17,18). The SMILES string of the molecule is O=S(=O)(O)OS(=O)(=O)c1cc(O)c(O)c(S(=O)(=O)OS(=O)(=O)O)c1. The van der Waals surface area contributed by atoms with Gasteiger partial charge >= 0.3 is 41.0 Å². The van der Waals surface area contributed by atoms with Gasteiger partial charge in [-0.3, -0.25) is 9.11 Å². The highest BCUT2D eigenvalue weighted by Crippen LogP contribution is 2.37. The normalized spacial score (nSPS) is 13.8. The van der Waals surface area contributed by atoms with E-state index in [0.717, 1.165) is 0 Å². The van der Waals surface area contributed by atoms with Crippen molar-refractivity contribution in [2.75, 3.05) is 0 Å². The molecule has 0 bridgehead atoms. The summed E-state index contributed by atoms with van der Waals surface area (Å²) in [4.78, 5) is -3.12. The molecule has 0 amide bonds. The molecule has 0 spiro atoms. The molecule has 0 saturated carbocycles. The lowest BCUT2D eigenvalue weighted by Gasteiger charge is -2.09. The molecule has 0 fully saturated rings. The average Bonchev–Trinajstić information content (AvgIpc) is 2.25. The van der Waals surface area contributed by atoms with Gasteiger partial charge in [0.2, 0.25) is 0 Å². The highest BCUT2D eigenvalue weighted by molar-refractivity contribution is 7.98. The molecule has 0 radical (unpaired) electrons. The van der Waals surface area contributed by atoms with Crippen molar-refractivity contribution >= 4 is 41.0 Å². The molecule has 0 unspecified atom stereocenters. The Morgan fingerprint density at radius 1 is 0.708 bits per heavy atom. The molecule has 1 rings (SSSR count). The Morgan fingerprint density at radius 3 is 1.54 bits per heavy atom. The molecule has 0 aliphatic carbocycles. The van der Waals surface area contributed by atoms with Gasteiger partial charge in [0, 0.05) is 6.07 Å². The minimum atomic E-state index is -5.63. The van der Waals surface area contributed by atoms with Gasteiger partial charge in [0.15, 0.2) is 11.5 Å². The Bertz CT molecular complexity index is 1070. The molecular weight excluding hydrogens is 424 g/mol. The summed E-state index contributed by atoms with van der Waals surface area (Å²) in [5, 5.41) is 18.7. The molecule has 0 aliphatic rings. The smallest absolute Gasteiger partial charge is 0.412 e. The van der Waals surface area contributed by atoms with Gasteiger partial charge < -0.3 is 10.2 Å². The molecule has 1 aromatic rings. The van der Waals surface area contributed by atoms with E-state index < -0.39 is 62.3 Å². The Hall–Kier alpha value is -1.54. The van der Waals surface area contributed by atoms with Crippen LogP contribution in [0.15, 0.2) is 21.9 Å². The van der Waals surface area contributed by atoms with Crippen LogP contribution in [0.25, 0.3) is 0 Å². The maximum Gasteiger partial charge on any atom is 0.412 e. The van der Waals surface area contributed by atoms with Crippen LogP contribution in [0, 0.1) is 0 Å². The van der Waals surface area contributed by atoms with E-state index in [4.69, 9.17) is 9.11 Å². The van der Waals surface area contributed by atoms with E-state index in [1.54, 1.807) is 0 Å². The first kappa shape index (κ1) is 20.5. The Balaban J connectivity index is 3.66. The van der Waals surface area contributed by atoms with Gasteiger partial charge in [-0.15, -0.1) is 7.26 Å². The van der Waals surface area contributed by atoms with Crippen LogP contribution in [-0.4, -0.2) is 53.0 Å². The second-order valence-electron chi connectivity index (χ2n) is 3.69. The number of phenolic OH excluding ortho intramolecular Hbond substituents is 2. The zero-order valence-electron chi connectivity index (χ0n) is 10.7. The fraction of sp³-hybridized carbons (Fsp3) is 0. The summed E-state index contributed by atoms with van der Waals surface area (Å²) >= 11 is 0. The first-order valence-corrected chi connectivity index (χ1v) is 10.4. The molecule has 14 nitrogen and oxygen atoms in total. The van der Waals surface area contributed by atoms with Gasteiger partial charge in [-0.05, 0) is 6.07 Å². The Morgan fingerprint density at radius 2 is 1.12 bits per heavy atom. The molecular formula is C6H6O14S4. The molecule has 0 saturated heterocycles. The van der Waals surface area contributed by atoms with Gasteiger partial charge in [0.05, 0.1) is 0 Å². The third-order valence-corrected chi connectivity index (χ3v) is 6.41. The summed E-state index contributed by atoms with van der Waals surface area (Å²) in [6.45, 7) is 0. The molecule has 0 heterocycles. The van der Waals surface area contributed by atoms with Crippen molar-refractivity contribution < 1.29 is 60.2 Å². The van der Waals surface area contributed by atoms with Crippen molar-refractivity contribution in [3.05, 3.63) is 12.1 Å². The van der Waals surface area contributed by atoms with Crippen LogP contribution in [0.1, 0.15) is 0 Å². The molecule has 4 N–H and O–H groups in total. The predicted molar refractivity (Wildman–Crippen MR) is 69.4 cm³/mol. The van der Waals surface area contributed by atoms with E-state index in [2.05, 4.69) is 7.26 Å². The number of rotatable bonds is 6. The van der Waals surface area contributed by atoms with Crippen LogP contribution < -0.4 is 0 Å². The van der Waals surface area contributed by atoms with Crippen molar-refractivity contribution in [1.82, 2.24) is 0 Å². The van der Waals surface area contributed by atoms with Gasteiger partial charge in [0.25, 0.3) is 0 Å². The number of hydrogen-bond acceptors (Lipinski definition) is 12. The molecule has 24 heavy (non-hydrogen) atoms. The van der Waals surface area contributed by atoms with Crippen molar-refractivity contribution in [3.8, 4) is 11.5 Å². The van der Waals surface area contributed by atoms with Crippen LogP contribution in [0.4, 0.5) is 0 Å². The summed E-state index contributed by atoms with van der Waals surface area (Å²) in [5.41, 5.74) is 0. The van der Waals surface area contributed by atoms with E-state index in [9.17, 15) is 43.9 Å². The molecule has 138 valence electrons. The van der Waals surface area contributed by atoms with E-state index in [1.165, 1.54) is 0 Å². The van der Waals surface area contributed by atoms with Crippen LogP contribution >= 0.6 is 0 Å². The summed E-state index contributed by atoms with van der Waals surface area (Å²) in [6.07, 6.45) is 0. The molecule has 0 atom stereocenters. The van der Waals surface area contributed by atoms with E-state index >= 15 is 0 Å². The minimum absolute atomic E-state index is 0.0733. The van der Waals surface area contributed by atoms with Gasteiger partial charge in [-0.1, -0.05) is 0 Å². The highest BCUT2D eigenvalue weighted by Gasteiger charge is 2.32. The van der Waals surface area contributed by atoms with Crippen LogP contribution in [0.3, 0.4) is 0 Å². The lowest BCUT2D eigenvalue weighted by molar-refractivity contribution is 0.372. The third-order valence-electron chi connectivity index (χ3n) is 1.94. The average molecular weight is 430 g/mol. The largest absolute Gasteiger partial charge is 0.504 e. The van der Waals surface area contributed by atoms with Gasteiger partial charge in [-0.2, -0.15) is 33.7 Å². The molecule has 0 aliphatic heterocycles. The van der Waals surface area contributed by atoms with Crippen LogP contribution in [-0.2, 0) is 48.3 Å². The third kappa shape index (κ3) is 5.24. The second-order valence-corrected chi connectivity index (χ2v) is 9.22. The number of phenols is 2. The molecule has 0 aromatic heterocycles. The summed E-state index contributed by atoms with van der Waals surface area (Å²) in [6, 6.07) is 0.0401. The minimum Gasteiger partial charge on any atom is -0.504 e. The summed E-state index contributed by atoms with van der Waals surface area (Å²) in [7, 11) is -22.2. The summed E-state index contributed by atoms with van der Waals surface area (Å²) in [5.74, 6) is -3.07. The topological polar surface area (TPSA) is 236 Å². The first-order chi connectivity index (χ1) is 10.4. The predicted octanol–water partition coefficient (Wildman–Crippen LogP) is -1.89. The van der Waals surface area contributed by atoms with E-state index in [1.807, 2.05) is 0 Å². The monoisotopic (exact) mass is 430 g/mol. The van der Waals surface area contributed by atoms with Gasteiger partial charge in [-0.25, -0.2) is 0 Å². The second kappa shape index (κ2) is 6.07. The van der Waals surface area contributed by atoms with Crippen molar-refractivity contribution in [2.24, 2.45) is 0 Å². The Labute approximate surface area is 135 Å². The lowest BCUT2D eigenvalue weighted by atomic mass is 10.3. The van der Waals surface area contributed by atoms with Crippen LogP contribution in [0.5, 0.6) is 11.5 Å². The van der Waals surface area contributed by atoms with E-state index in [-0.39, 0.29) is 12.1 Å². The fourth-order valence-electron chi connectivity index (χ4n) is 1.21. The number of hydrogen-bond donors (Lipinski definition) is 4. The quantitative estimate of drug-likeness (QED) is 0.285. The van der Waals surface area contributed by atoms with Crippen molar-refractivity contribution in [1.29, 1.82) is 0 Å². The van der Waals surface area contributed by atoms with Crippen LogP contribution in [0.2, 0.25) is 0 Å². The number of benzene rings is 1.